The zero-order valence-corrected chi connectivity index (χ0v) is 37.8. The normalized spacial score (nSPS) is 19.7. The Bertz CT molecular complexity index is 5630. The van der Waals surface area contributed by atoms with E-state index >= 15 is 0 Å². The Morgan fingerprint density at radius 3 is 1.81 bits per heavy atom. The summed E-state index contributed by atoms with van der Waals surface area (Å²) in [6.07, 6.45) is 0. The minimum absolute atomic E-state index is 0.147. The number of rotatable bonds is 4. The van der Waals surface area contributed by atoms with Crippen LogP contribution in [0.25, 0.3) is 49.4 Å². The van der Waals surface area contributed by atoms with Gasteiger partial charge in [-0.25, -0.2) is 0 Å². The molecule has 0 radical (unpaired) electrons. The van der Waals surface area contributed by atoms with E-state index in [9.17, 15) is 32.9 Å². The maximum atomic E-state index is 11.0. The van der Waals surface area contributed by atoms with Gasteiger partial charge in [-0.15, -0.1) is 0 Å². The molecule has 5 heterocycles. The van der Waals surface area contributed by atoms with E-state index in [1.807, 2.05) is 0 Å². The average Bonchev–Trinajstić information content (AvgIpc) is 1.64. The lowest BCUT2D eigenvalue weighted by molar-refractivity contribution is 0.590. The first-order valence-electron chi connectivity index (χ1n) is 37.0. The van der Waals surface area contributed by atoms with Crippen molar-refractivity contribution in [3.05, 3.63) is 198 Å². The molecule has 2 aromatic heterocycles. The lowest BCUT2D eigenvalue weighted by Gasteiger charge is -2.46. The highest BCUT2D eigenvalue weighted by Gasteiger charge is 2.46. The quantitative estimate of drug-likeness (QED) is 0.164. The fourth-order valence-electron chi connectivity index (χ4n) is 9.52. The number of nitrogens with zero attached hydrogens (tertiary/aromatic N) is 4. The molecule has 0 saturated carbocycles. The number of furan rings is 1. The van der Waals surface area contributed by atoms with Gasteiger partial charge in [0, 0.05) is 67.4 Å². The second-order valence-corrected chi connectivity index (χ2v) is 19.1. The largest absolute Gasteiger partial charge is 0.456 e. The topological polar surface area (TPSA) is 27.8 Å². The van der Waals surface area contributed by atoms with Crippen LogP contribution in [0.4, 0.5) is 51.2 Å². The molecule has 0 atom stereocenters. The molecule has 5 nitrogen and oxygen atoms in total. The van der Waals surface area contributed by atoms with E-state index in [0.29, 0.717) is 4.90 Å². The van der Waals surface area contributed by atoms with Gasteiger partial charge in [0.25, 0.3) is 6.71 Å². The van der Waals surface area contributed by atoms with Gasteiger partial charge in [0.05, 0.1) is 69.2 Å². The first-order valence-corrected chi connectivity index (χ1v) is 22.0. The standard InChI is InChI=1S/C63H51BN4O/c1-38-34-55-59-56(35-38)68-52-19-12-16-48-45-14-8-10-18-51(45)67(60(48)52)53-20-13-17-50(61(53)68)64(59)49-33-31-43(36-54(49)66(55)44-30-32-47-46-15-9-11-21-57(46)69-58(47)37-44)65(41-26-22-39(23-27-41)62(2,3)4)42-28-24-40(25-29-42)63(5,6)7/h8-37H,1-7H3/i8D,9D,10D,11D,12D,13D,14D,15D,16D,17D,18D,19D,20D,21D,22D,23D,24D,25D,26D,27D,28D,29D,30D,31D,32D,33D,34D,35D,36D,37D. The van der Waals surface area contributed by atoms with E-state index in [4.69, 9.17) is 12.6 Å². The molecule has 9 aromatic carbocycles. The zero-order chi connectivity index (χ0) is 72.8. The Balaban J connectivity index is 1.26. The van der Waals surface area contributed by atoms with Gasteiger partial charge in [-0.2, -0.15) is 0 Å². The van der Waals surface area contributed by atoms with Crippen LogP contribution >= 0.6 is 0 Å². The predicted octanol–water partition coefficient (Wildman–Crippen LogP) is 15.5. The van der Waals surface area contributed by atoms with E-state index in [-0.39, 0.29) is 33.0 Å². The number of para-hydroxylation sites is 4. The molecule has 11 aromatic rings. The van der Waals surface area contributed by atoms with Crippen LogP contribution < -0.4 is 31.1 Å². The van der Waals surface area contributed by atoms with Crippen LogP contribution in [0.15, 0.2) is 186 Å². The van der Waals surface area contributed by atoms with Crippen molar-refractivity contribution in [3.63, 3.8) is 0 Å². The Morgan fingerprint density at radius 1 is 0.478 bits per heavy atom. The van der Waals surface area contributed by atoms with E-state index in [1.54, 1.807) is 41.5 Å². The van der Waals surface area contributed by atoms with Gasteiger partial charge in [-0.1, -0.05) is 132 Å². The molecule has 14 rings (SSSR count). The van der Waals surface area contributed by atoms with Gasteiger partial charge < -0.3 is 23.7 Å². The summed E-state index contributed by atoms with van der Waals surface area (Å²) in [6.45, 7) is 8.88. The smallest absolute Gasteiger partial charge is 0.252 e. The lowest BCUT2D eigenvalue weighted by atomic mass is 9.33. The molecule has 3 aliphatic heterocycles. The molecule has 69 heavy (non-hydrogen) atoms. The molecular formula is C63H51BN4O. The number of benzene rings is 9. The minimum atomic E-state index is -2.03. The second-order valence-electron chi connectivity index (χ2n) is 19.1. The molecular weight excluding hydrogens is 840 g/mol. The van der Waals surface area contributed by atoms with Crippen LogP contribution in [0.1, 0.15) is 99.4 Å². The molecule has 0 saturated heterocycles. The molecule has 0 N–H and O–H groups in total. The average molecular weight is 921 g/mol. The molecule has 0 spiro atoms. The van der Waals surface area contributed by atoms with Crippen LogP contribution in [-0.2, 0) is 10.8 Å². The number of aromatic nitrogens is 1. The van der Waals surface area contributed by atoms with Crippen molar-refractivity contribution in [2.45, 2.75) is 59.3 Å². The maximum absolute atomic E-state index is 11.0. The second kappa shape index (κ2) is 14.1. The minimum Gasteiger partial charge on any atom is -0.456 e. The Hall–Kier alpha value is -7.96. The van der Waals surface area contributed by atoms with Crippen LogP contribution in [0, 0.1) is 6.92 Å². The molecule has 0 fully saturated rings. The highest BCUT2D eigenvalue weighted by Crippen LogP contribution is 2.53. The van der Waals surface area contributed by atoms with Gasteiger partial charge in [0.15, 0.2) is 0 Å². The van der Waals surface area contributed by atoms with Gasteiger partial charge >= 0.3 is 0 Å². The summed E-state index contributed by atoms with van der Waals surface area (Å²) < 4.78 is 298. The van der Waals surface area contributed by atoms with Crippen molar-refractivity contribution in [2.75, 3.05) is 14.7 Å². The van der Waals surface area contributed by atoms with Crippen molar-refractivity contribution in [1.82, 2.24) is 4.57 Å². The predicted molar refractivity (Wildman–Crippen MR) is 292 cm³/mol. The first kappa shape index (κ1) is 20.3. The van der Waals surface area contributed by atoms with Crippen molar-refractivity contribution < 1.29 is 45.5 Å². The summed E-state index contributed by atoms with van der Waals surface area (Å²) >= 11 is 0. The third-order valence-electron chi connectivity index (χ3n) is 12.7. The third kappa shape index (κ3) is 5.72. The Labute approximate surface area is 445 Å². The van der Waals surface area contributed by atoms with E-state index in [2.05, 4.69) is 0 Å². The van der Waals surface area contributed by atoms with E-state index in [0.717, 1.165) is 14.4 Å². The van der Waals surface area contributed by atoms with Crippen molar-refractivity contribution >= 4 is 118 Å². The van der Waals surface area contributed by atoms with Crippen molar-refractivity contribution in [3.8, 4) is 5.69 Å². The number of hydrogen-bond donors (Lipinski definition) is 0. The highest BCUT2D eigenvalue weighted by molar-refractivity contribution is 7.00. The molecule has 0 bridgehead atoms. The lowest BCUT2D eigenvalue weighted by Crippen LogP contribution is -2.61. The summed E-state index contributed by atoms with van der Waals surface area (Å²) in [4.78, 5) is 2.60. The number of hydrogen-bond acceptors (Lipinski definition) is 4. The summed E-state index contributed by atoms with van der Waals surface area (Å²) in [7, 11) is 0. The zero-order valence-electron chi connectivity index (χ0n) is 67.8. The van der Waals surface area contributed by atoms with E-state index < -0.39 is 300 Å². The summed E-state index contributed by atoms with van der Waals surface area (Å²) in [5.41, 5.74) is -13.2. The molecule has 3 aliphatic rings. The Morgan fingerprint density at radius 2 is 1.09 bits per heavy atom. The maximum Gasteiger partial charge on any atom is 0.252 e. The van der Waals surface area contributed by atoms with E-state index in [1.165, 1.54) is 6.92 Å². The van der Waals surface area contributed by atoms with Crippen LogP contribution in [0.5, 0.6) is 0 Å². The number of anilines is 9. The van der Waals surface area contributed by atoms with Gasteiger partial charge in [-0.3, -0.25) is 0 Å². The van der Waals surface area contributed by atoms with Crippen molar-refractivity contribution in [1.29, 1.82) is 0 Å². The fourth-order valence-corrected chi connectivity index (χ4v) is 9.52. The molecule has 332 valence electrons. The molecule has 0 unspecified atom stereocenters. The van der Waals surface area contributed by atoms with Crippen molar-refractivity contribution in [2.24, 2.45) is 0 Å². The monoisotopic (exact) mass is 921 g/mol. The fraction of sp³-hybridized carbons (Fsp3) is 0.143. The molecule has 0 amide bonds. The SMILES string of the molecule is [2H]c1c([2H])c2c3c(c1[2H])-n1c4c([2H])c([2H])c([2H])c([2H])c4c4c([2H])c([2H])c([2H])c(c41)N3c1c([2H])c(C)c([2H])c3c1B2c1c([2H])c([2H])c(N(c2c([2H])c([2H])c(C(C)(C)C)c([2H])c2[2H])c2c([2H])c([2H])c(C(C)(C)C)c([2H])c2[2H])c([2H])c1N3c1c([2H])c([2H])c2c(oc3c([2H])c([2H])c([2H])c([2H])c32)c1[2H]. The summed E-state index contributed by atoms with van der Waals surface area (Å²) in [6, 6.07) is -25.1. The summed E-state index contributed by atoms with van der Waals surface area (Å²) in [5.74, 6) is 0. The highest BCUT2D eigenvalue weighted by atomic mass is 16.3. The van der Waals surface area contributed by atoms with Gasteiger partial charge in [0.2, 0.25) is 0 Å². The summed E-state index contributed by atoms with van der Waals surface area (Å²) in [5, 5.41) is -1.64. The van der Waals surface area contributed by atoms with Crippen LogP contribution in [0.3, 0.4) is 0 Å². The van der Waals surface area contributed by atoms with Gasteiger partial charge in [-0.05, 0) is 135 Å². The number of fused-ring (bicyclic) bond motifs is 12. The first-order chi connectivity index (χ1) is 46.0. The van der Waals surface area contributed by atoms with Crippen LogP contribution in [-0.4, -0.2) is 11.3 Å². The van der Waals surface area contributed by atoms with Gasteiger partial charge in [0.1, 0.15) is 11.2 Å². The third-order valence-corrected chi connectivity index (χ3v) is 12.7. The molecule has 6 heteroatoms. The Kier molecular flexibility index (Phi) is 4.14. The van der Waals surface area contributed by atoms with Crippen LogP contribution in [0.2, 0.25) is 0 Å². The molecule has 0 aliphatic carbocycles.